The van der Waals surface area contributed by atoms with Gasteiger partial charge in [0, 0.05) is 24.7 Å². The molecule has 2 aromatic rings. The number of hydrogen-bond acceptors (Lipinski definition) is 7. The first kappa shape index (κ1) is 25.5. The van der Waals surface area contributed by atoms with Gasteiger partial charge in [0.25, 0.3) is 0 Å². The van der Waals surface area contributed by atoms with Crippen LogP contribution in [0.1, 0.15) is 43.0 Å². The van der Waals surface area contributed by atoms with E-state index in [1.807, 2.05) is 30.3 Å². The highest BCUT2D eigenvalue weighted by molar-refractivity contribution is 5.84. The number of carbonyl (C=O) groups is 3. The summed E-state index contributed by atoms with van der Waals surface area (Å²) in [6, 6.07) is 12.4. The van der Waals surface area contributed by atoms with Crippen molar-refractivity contribution in [3.63, 3.8) is 0 Å². The Labute approximate surface area is 211 Å². The van der Waals surface area contributed by atoms with E-state index in [2.05, 4.69) is 28.1 Å². The number of amides is 2. The molecule has 1 aromatic carbocycles. The molecule has 1 aromatic heterocycles. The first-order valence-electron chi connectivity index (χ1n) is 12.7. The zero-order valence-corrected chi connectivity index (χ0v) is 20.6. The van der Waals surface area contributed by atoms with Gasteiger partial charge < -0.3 is 25.4 Å². The summed E-state index contributed by atoms with van der Waals surface area (Å²) in [5.74, 6) is 0.542. The van der Waals surface area contributed by atoms with Gasteiger partial charge in [-0.1, -0.05) is 36.4 Å². The van der Waals surface area contributed by atoms with E-state index in [4.69, 9.17) is 14.5 Å². The summed E-state index contributed by atoms with van der Waals surface area (Å²) < 4.78 is 10.2. The van der Waals surface area contributed by atoms with Crippen LogP contribution in [0.4, 0.5) is 10.6 Å². The summed E-state index contributed by atoms with van der Waals surface area (Å²) in [4.78, 5) is 42.0. The van der Waals surface area contributed by atoms with E-state index in [1.165, 1.54) is 5.56 Å². The lowest BCUT2D eigenvalue weighted by atomic mass is 9.72. The van der Waals surface area contributed by atoms with E-state index in [0.717, 1.165) is 55.7 Å². The summed E-state index contributed by atoms with van der Waals surface area (Å²) in [6.45, 7) is 2.83. The average Bonchev–Trinajstić information content (AvgIpc) is 2.87. The Bertz CT molecular complexity index is 1060. The van der Waals surface area contributed by atoms with Crippen molar-refractivity contribution in [2.45, 2.75) is 51.7 Å². The number of nitrogens with zero attached hydrogens (tertiary/aromatic N) is 1. The minimum absolute atomic E-state index is 0.0582. The molecule has 2 amide bonds. The highest BCUT2D eigenvalue weighted by Gasteiger charge is 2.35. The maximum absolute atomic E-state index is 12.7. The van der Waals surface area contributed by atoms with Gasteiger partial charge in [0.15, 0.2) is 0 Å². The van der Waals surface area contributed by atoms with Gasteiger partial charge in [-0.2, -0.15) is 0 Å². The Balaban J connectivity index is 1.21. The molecular weight excluding hydrogens is 460 g/mol. The first-order chi connectivity index (χ1) is 17.5. The van der Waals surface area contributed by atoms with Crippen LogP contribution in [0, 0.1) is 11.8 Å². The molecule has 0 unspecified atom stereocenters. The third-order valence-corrected chi connectivity index (χ3v) is 6.61. The second-order valence-corrected chi connectivity index (χ2v) is 9.33. The SMILES string of the molecule is CCOC(=O)[C@H](CNC(=O)[C@H]1C[C@@H](Cc2ccc3c(n2)NCCC3)C1)NC(=O)OCc1ccccc1. The number of aromatic nitrogens is 1. The standard InChI is InChI=1S/C27H34N4O5/c1-2-35-26(33)23(31-27(34)36-17-18-7-4-3-5-8-18)16-29-25(32)21-13-19(14-21)15-22-11-10-20-9-6-12-28-24(20)30-22/h3-5,7-8,10-11,19,21,23H,2,6,9,12-17H2,1H3,(H,28,30)(H,29,32)(H,31,34)/t19-,21+,23-/m0/s1. The van der Waals surface area contributed by atoms with E-state index < -0.39 is 18.1 Å². The van der Waals surface area contributed by atoms with Crippen LogP contribution in [-0.2, 0) is 38.5 Å². The molecule has 1 saturated carbocycles. The van der Waals surface area contributed by atoms with Gasteiger partial charge in [-0.15, -0.1) is 0 Å². The molecule has 4 rings (SSSR count). The molecule has 1 fully saturated rings. The van der Waals surface area contributed by atoms with Crippen LogP contribution in [0.3, 0.4) is 0 Å². The zero-order valence-electron chi connectivity index (χ0n) is 20.6. The van der Waals surface area contributed by atoms with Gasteiger partial charge in [-0.05, 0) is 62.1 Å². The number of nitrogens with one attached hydrogen (secondary N) is 3. The highest BCUT2D eigenvalue weighted by atomic mass is 16.6. The lowest BCUT2D eigenvalue weighted by molar-refractivity contribution is -0.145. The molecule has 9 nitrogen and oxygen atoms in total. The smallest absolute Gasteiger partial charge is 0.408 e. The predicted molar refractivity (Wildman–Crippen MR) is 134 cm³/mol. The van der Waals surface area contributed by atoms with Crippen molar-refractivity contribution < 1.29 is 23.9 Å². The van der Waals surface area contributed by atoms with Crippen LogP contribution in [0.2, 0.25) is 0 Å². The fraction of sp³-hybridized carbons (Fsp3) is 0.481. The second-order valence-electron chi connectivity index (χ2n) is 9.33. The van der Waals surface area contributed by atoms with Crippen LogP contribution < -0.4 is 16.0 Å². The normalized spacial score (nSPS) is 19.0. The van der Waals surface area contributed by atoms with Crippen molar-refractivity contribution in [1.29, 1.82) is 0 Å². The summed E-state index contributed by atoms with van der Waals surface area (Å²) in [6.07, 6.45) is 3.84. The number of esters is 1. The molecule has 0 radical (unpaired) electrons. The first-order valence-corrected chi connectivity index (χ1v) is 12.7. The fourth-order valence-corrected chi connectivity index (χ4v) is 4.58. The monoisotopic (exact) mass is 494 g/mol. The van der Waals surface area contributed by atoms with E-state index in [9.17, 15) is 14.4 Å². The minimum atomic E-state index is -1.03. The number of alkyl carbamates (subject to hydrolysis) is 1. The average molecular weight is 495 g/mol. The van der Waals surface area contributed by atoms with Crippen LogP contribution in [0.25, 0.3) is 0 Å². The number of hydrogen-bond donors (Lipinski definition) is 3. The van der Waals surface area contributed by atoms with Gasteiger partial charge in [0.1, 0.15) is 18.5 Å². The van der Waals surface area contributed by atoms with E-state index >= 15 is 0 Å². The van der Waals surface area contributed by atoms with E-state index in [-0.39, 0.29) is 31.6 Å². The Kier molecular flexibility index (Phi) is 8.76. The number of aryl methyl sites for hydroxylation is 1. The molecule has 0 spiro atoms. The number of carbonyl (C=O) groups excluding carboxylic acids is 3. The van der Waals surface area contributed by atoms with Crippen LogP contribution >= 0.6 is 0 Å². The summed E-state index contributed by atoms with van der Waals surface area (Å²) >= 11 is 0. The number of ether oxygens (including phenoxy) is 2. The molecule has 9 heteroatoms. The third-order valence-electron chi connectivity index (χ3n) is 6.61. The third kappa shape index (κ3) is 6.96. The molecule has 1 aliphatic heterocycles. The van der Waals surface area contributed by atoms with Crippen molar-refractivity contribution in [3.05, 3.63) is 59.3 Å². The second kappa shape index (κ2) is 12.4. The molecule has 2 aliphatic rings. The molecular formula is C27H34N4O5. The molecule has 0 bridgehead atoms. The quantitative estimate of drug-likeness (QED) is 0.435. The number of fused-ring (bicyclic) bond motifs is 1. The van der Waals surface area contributed by atoms with Crippen LogP contribution in [-0.4, -0.2) is 48.7 Å². The number of anilines is 1. The van der Waals surface area contributed by atoms with E-state index in [1.54, 1.807) is 6.92 Å². The van der Waals surface area contributed by atoms with Crippen molar-refractivity contribution >= 4 is 23.8 Å². The van der Waals surface area contributed by atoms with Crippen molar-refractivity contribution in [1.82, 2.24) is 15.6 Å². The van der Waals surface area contributed by atoms with E-state index in [0.29, 0.717) is 5.92 Å². The molecule has 1 atom stereocenters. The molecule has 192 valence electrons. The minimum Gasteiger partial charge on any atom is -0.464 e. The summed E-state index contributed by atoms with van der Waals surface area (Å²) in [7, 11) is 0. The van der Waals surface area contributed by atoms with Gasteiger partial charge >= 0.3 is 12.1 Å². The van der Waals surface area contributed by atoms with Gasteiger partial charge in [-0.3, -0.25) is 4.79 Å². The predicted octanol–water partition coefficient (Wildman–Crippen LogP) is 2.98. The Morgan fingerprint density at radius 2 is 1.92 bits per heavy atom. The molecule has 1 aliphatic carbocycles. The lowest BCUT2D eigenvalue weighted by Crippen LogP contribution is -2.51. The Morgan fingerprint density at radius 3 is 2.69 bits per heavy atom. The molecule has 2 heterocycles. The zero-order chi connectivity index (χ0) is 25.3. The Hall–Kier alpha value is -3.62. The molecule has 3 N–H and O–H groups in total. The maximum Gasteiger partial charge on any atom is 0.408 e. The lowest BCUT2D eigenvalue weighted by Gasteiger charge is -2.34. The number of pyridine rings is 1. The van der Waals surface area contributed by atoms with Gasteiger partial charge in [0.05, 0.1) is 6.61 Å². The van der Waals surface area contributed by atoms with Crippen LogP contribution in [0.5, 0.6) is 0 Å². The summed E-state index contributed by atoms with van der Waals surface area (Å²) in [5, 5.41) is 8.66. The number of benzene rings is 1. The highest BCUT2D eigenvalue weighted by Crippen LogP contribution is 2.36. The van der Waals surface area contributed by atoms with Crippen LogP contribution in [0.15, 0.2) is 42.5 Å². The number of rotatable bonds is 10. The van der Waals surface area contributed by atoms with Gasteiger partial charge in [-0.25, -0.2) is 14.6 Å². The summed E-state index contributed by atoms with van der Waals surface area (Å²) in [5.41, 5.74) is 3.15. The van der Waals surface area contributed by atoms with Crippen molar-refractivity contribution in [2.24, 2.45) is 11.8 Å². The van der Waals surface area contributed by atoms with Crippen molar-refractivity contribution in [3.8, 4) is 0 Å². The van der Waals surface area contributed by atoms with Gasteiger partial charge in [0.2, 0.25) is 5.91 Å². The molecule has 0 saturated heterocycles. The fourth-order valence-electron chi connectivity index (χ4n) is 4.58. The topological polar surface area (TPSA) is 119 Å². The largest absolute Gasteiger partial charge is 0.464 e. The maximum atomic E-state index is 12.7. The Morgan fingerprint density at radius 1 is 1.11 bits per heavy atom. The molecule has 36 heavy (non-hydrogen) atoms. The van der Waals surface area contributed by atoms with Crippen molar-refractivity contribution in [2.75, 3.05) is 25.0 Å².